The number of hydrogen-bond acceptors (Lipinski definition) is 3. The number of ether oxygens (including phenoxy) is 1. The Bertz CT molecular complexity index is 515. The first-order valence-corrected chi connectivity index (χ1v) is 7.07. The number of amides is 1. The third-order valence-electron chi connectivity index (χ3n) is 3.29. The molecule has 0 fully saturated rings. The Balaban J connectivity index is 2.72. The number of carboxylic acids is 1. The van der Waals surface area contributed by atoms with Crippen LogP contribution in [-0.4, -0.2) is 28.6 Å². The van der Waals surface area contributed by atoms with Crippen LogP contribution in [-0.2, 0) is 9.59 Å². The number of rotatable bonds is 7. The molecule has 0 aromatic heterocycles. The first kappa shape index (κ1) is 17.0. The highest BCUT2D eigenvalue weighted by molar-refractivity contribution is 5.88. The quantitative estimate of drug-likeness (QED) is 0.810. The minimum absolute atomic E-state index is 0.366. The second kappa shape index (κ2) is 7.11. The van der Waals surface area contributed by atoms with E-state index in [9.17, 15) is 14.7 Å². The smallest absolute Gasteiger partial charge is 0.329 e. The maximum absolute atomic E-state index is 12.1. The van der Waals surface area contributed by atoms with Crippen LogP contribution in [0.15, 0.2) is 24.3 Å². The molecule has 0 aliphatic rings. The molecule has 0 radical (unpaired) electrons. The fourth-order valence-corrected chi connectivity index (χ4v) is 2.04. The van der Waals surface area contributed by atoms with Gasteiger partial charge in [0.05, 0.1) is 0 Å². The Morgan fingerprint density at radius 3 is 2.62 bits per heavy atom. The fourth-order valence-electron chi connectivity index (χ4n) is 2.04. The van der Waals surface area contributed by atoms with Crippen molar-refractivity contribution in [1.82, 2.24) is 5.32 Å². The maximum atomic E-state index is 12.1. The minimum atomic E-state index is -1.27. The number of hydrogen-bond donors (Lipinski definition) is 2. The summed E-state index contributed by atoms with van der Waals surface area (Å²) in [6, 6.07) is 7.36. The summed E-state index contributed by atoms with van der Waals surface area (Å²) >= 11 is 0. The van der Waals surface area contributed by atoms with E-state index in [1.807, 2.05) is 32.0 Å². The van der Waals surface area contributed by atoms with Crippen LogP contribution >= 0.6 is 0 Å². The van der Waals surface area contributed by atoms with Crippen molar-refractivity contribution in [3.8, 4) is 5.75 Å². The second-order valence-electron chi connectivity index (χ2n) is 5.45. The Kier molecular flexibility index (Phi) is 5.76. The highest BCUT2D eigenvalue weighted by atomic mass is 16.5. The van der Waals surface area contributed by atoms with Crippen LogP contribution in [0.4, 0.5) is 0 Å². The summed E-state index contributed by atoms with van der Waals surface area (Å²) in [4.78, 5) is 23.4. The number of benzene rings is 1. The van der Waals surface area contributed by atoms with Gasteiger partial charge >= 0.3 is 5.97 Å². The molecule has 5 heteroatoms. The predicted molar refractivity (Wildman–Crippen MR) is 80.4 cm³/mol. The Labute approximate surface area is 125 Å². The van der Waals surface area contributed by atoms with Crippen LogP contribution in [0.5, 0.6) is 5.75 Å². The molecule has 0 saturated heterocycles. The van der Waals surface area contributed by atoms with Gasteiger partial charge in [0, 0.05) is 0 Å². The summed E-state index contributed by atoms with van der Waals surface area (Å²) < 4.78 is 5.56. The Morgan fingerprint density at radius 2 is 2.10 bits per heavy atom. The summed E-state index contributed by atoms with van der Waals surface area (Å²) in [5.41, 5.74) is -0.239. The van der Waals surface area contributed by atoms with Gasteiger partial charge in [0.25, 0.3) is 5.91 Å². The molecule has 5 nitrogen and oxygen atoms in total. The van der Waals surface area contributed by atoms with Gasteiger partial charge in [-0.2, -0.15) is 0 Å². The van der Waals surface area contributed by atoms with Crippen molar-refractivity contribution in [3.63, 3.8) is 0 Å². The van der Waals surface area contributed by atoms with Crippen molar-refractivity contribution in [1.29, 1.82) is 0 Å². The van der Waals surface area contributed by atoms with Crippen molar-refractivity contribution in [2.24, 2.45) is 0 Å². The molecule has 116 valence electrons. The lowest BCUT2D eigenvalue weighted by Crippen LogP contribution is -2.55. The van der Waals surface area contributed by atoms with Gasteiger partial charge in [-0.15, -0.1) is 0 Å². The molecular formula is C16H23NO4. The molecule has 0 spiro atoms. The first-order chi connectivity index (χ1) is 9.78. The molecule has 1 aromatic rings. The summed E-state index contributed by atoms with van der Waals surface area (Å²) in [6.07, 6.45) is 0.267. The van der Waals surface area contributed by atoms with E-state index >= 15 is 0 Å². The lowest BCUT2D eigenvalue weighted by Gasteiger charge is -2.27. The molecule has 1 amide bonds. The van der Waals surface area contributed by atoms with Crippen molar-refractivity contribution in [2.75, 3.05) is 0 Å². The normalized spacial score (nSPS) is 14.9. The van der Waals surface area contributed by atoms with Gasteiger partial charge in [-0.25, -0.2) is 4.79 Å². The SMILES string of the molecule is CCCC(C)(NC(=O)C(C)Oc1cccc(C)c1)C(=O)O. The molecule has 0 bridgehead atoms. The van der Waals surface area contributed by atoms with E-state index in [-0.39, 0.29) is 0 Å². The van der Waals surface area contributed by atoms with Crippen LogP contribution in [0.3, 0.4) is 0 Å². The molecule has 0 heterocycles. The van der Waals surface area contributed by atoms with Crippen molar-refractivity contribution >= 4 is 11.9 Å². The van der Waals surface area contributed by atoms with Crippen LogP contribution in [0.2, 0.25) is 0 Å². The van der Waals surface area contributed by atoms with E-state index in [0.29, 0.717) is 18.6 Å². The third kappa shape index (κ3) is 4.77. The zero-order valence-electron chi connectivity index (χ0n) is 13.0. The van der Waals surface area contributed by atoms with Crippen molar-refractivity contribution in [2.45, 2.75) is 52.2 Å². The van der Waals surface area contributed by atoms with E-state index < -0.39 is 23.5 Å². The number of carboxylic acid groups (broad SMARTS) is 1. The van der Waals surface area contributed by atoms with E-state index in [2.05, 4.69) is 5.32 Å². The van der Waals surface area contributed by atoms with Crippen LogP contribution in [0, 0.1) is 6.92 Å². The van der Waals surface area contributed by atoms with Gasteiger partial charge in [0.1, 0.15) is 11.3 Å². The molecule has 2 atom stereocenters. The van der Waals surface area contributed by atoms with E-state index in [4.69, 9.17) is 4.74 Å². The van der Waals surface area contributed by atoms with Gasteiger partial charge in [-0.1, -0.05) is 25.5 Å². The molecule has 2 N–H and O–H groups in total. The van der Waals surface area contributed by atoms with E-state index in [0.717, 1.165) is 5.56 Å². The molecule has 1 rings (SSSR count). The molecule has 0 aliphatic carbocycles. The average molecular weight is 293 g/mol. The molecule has 0 saturated carbocycles. The average Bonchev–Trinajstić information content (AvgIpc) is 2.38. The zero-order chi connectivity index (χ0) is 16.0. The lowest BCUT2D eigenvalue weighted by molar-refractivity contribution is -0.148. The fraction of sp³-hybridized carbons (Fsp3) is 0.500. The number of aliphatic carboxylic acids is 1. The maximum Gasteiger partial charge on any atom is 0.329 e. The summed E-state index contributed by atoms with van der Waals surface area (Å²) in [7, 11) is 0. The van der Waals surface area contributed by atoms with E-state index in [1.54, 1.807) is 13.0 Å². The van der Waals surface area contributed by atoms with Gasteiger partial charge < -0.3 is 15.2 Å². The molecule has 1 aromatic carbocycles. The van der Waals surface area contributed by atoms with Crippen LogP contribution in [0.1, 0.15) is 39.2 Å². The second-order valence-corrected chi connectivity index (χ2v) is 5.45. The Hall–Kier alpha value is -2.04. The standard InChI is InChI=1S/C16H23NO4/c1-5-9-16(4,15(19)20)17-14(18)12(3)21-13-8-6-7-11(2)10-13/h6-8,10,12H,5,9H2,1-4H3,(H,17,18)(H,19,20). The highest BCUT2D eigenvalue weighted by Crippen LogP contribution is 2.16. The Morgan fingerprint density at radius 1 is 1.43 bits per heavy atom. The van der Waals surface area contributed by atoms with Gasteiger partial charge in [-0.3, -0.25) is 4.79 Å². The topological polar surface area (TPSA) is 75.6 Å². The lowest BCUT2D eigenvalue weighted by atomic mass is 9.96. The molecule has 2 unspecified atom stereocenters. The summed E-state index contributed by atoms with van der Waals surface area (Å²) in [6.45, 7) is 6.92. The van der Waals surface area contributed by atoms with Crippen molar-refractivity contribution in [3.05, 3.63) is 29.8 Å². The number of nitrogens with one attached hydrogen (secondary N) is 1. The summed E-state index contributed by atoms with van der Waals surface area (Å²) in [5, 5.41) is 11.8. The van der Waals surface area contributed by atoms with E-state index in [1.165, 1.54) is 6.92 Å². The van der Waals surface area contributed by atoms with Gasteiger partial charge in [0.15, 0.2) is 6.10 Å². The summed E-state index contributed by atoms with van der Waals surface area (Å²) in [5.74, 6) is -0.888. The molecule has 0 aliphatic heterocycles. The van der Waals surface area contributed by atoms with Gasteiger partial charge in [-0.05, 0) is 44.9 Å². The third-order valence-corrected chi connectivity index (χ3v) is 3.29. The number of carbonyl (C=O) groups is 2. The number of aryl methyl sites for hydroxylation is 1. The number of carbonyl (C=O) groups excluding carboxylic acids is 1. The van der Waals surface area contributed by atoms with Gasteiger partial charge in [0.2, 0.25) is 0 Å². The molecular weight excluding hydrogens is 270 g/mol. The van der Waals surface area contributed by atoms with Crippen LogP contribution in [0.25, 0.3) is 0 Å². The minimum Gasteiger partial charge on any atom is -0.481 e. The highest BCUT2D eigenvalue weighted by Gasteiger charge is 2.35. The first-order valence-electron chi connectivity index (χ1n) is 7.07. The molecule has 21 heavy (non-hydrogen) atoms. The predicted octanol–water partition coefficient (Wildman–Crippen LogP) is 2.52. The largest absolute Gasteiger partial charge is 0.481 e. The zero-order valence-corrected chi connectivity index (χ0v) is 13.0. The monoisotopic (exact) mass is 293 g/mol. The van der Waals surface area contributed by atoms with Crippen molar-refractivity contribution < 1.29 is 19.4 Å². The van der Waals surface area contributed by atoms with Crippen LogP contribution < -0.4 is 10.1 Å².